The highest BCUT2D eigenvalue weighted by molar-refractivity contribution is 5.51. The predicted molar refractivity (Wildman–Crippen MR) is 87.6 cm³/mol. The minimum Gasteiger partial charge on any atom is -0.369 e. The van der Waals surface area contributed by atoms with Gasteiger partial charge in [0.2, 0.25) is 5.95 Å². The molecular weight excluding hydrogens is 309 g/mol. The monoisotopic (exact) mass is 325 g/mol. The van der Waals surface area contributed by atoms with Crippen molar-refractivity contribution in [2.45, 2.75) is 13.2 Å². The highest BCUT2D eigenvalue weighted by Gasteiger charge is 2.18. The third-order valence-corrected chi connectivity index (χ3v) is 3.48. The van der Waals surface area contributed by atoms with Crippen LogP contribution in [0.25, 0.3) is 11.5 Å². The second-order valence-corrected chi connectivity index (χ2v) is 5.26. The Hall–Kier alpha value is -2.93. The Kier molecular flexibility index (Phi) is 4.43. The van der Waals surface area contributed by atoms with E-state index in [1.54, 1.807) is 26.2 Å². The number of aliphatic hydroxyl groups excluding tert-OH is 1. The lowest BCUT2D eigenvalue weighted by Gasteiger charge is -2.24. The number of aryl methyl sites for hydroxylation is 1. The lowest BCUT2D eigenvalue weighted by Crippen LogP contribution is -2.26. The summed E-state index contributed by atoms with van der Waals surface area (Å²) in [6, 6.07) is 11.1. The SMILES string of the molecule is Cc1nc(-c2ccccn2)nc(N(C)C(O)c2ccc(F)cc2)n1. The fourth-order valence-corrected chi connectivity index (χ4v) is 2.20. The van der Waals surface area contributed by atoms with Crippen LogP contribution in [0, 0.1) is 12.7 Å². The zero-order valence-electron chi connectivity index (χ0n) is 13.3. The standard InChI is InChI=1S/C17H16FN5O/c1-11-20-15(14-5-3-4-10-19-14)22-17(21-11)23(2)16(24)12-6-8-13(18)9-7-12/h3-10,16,24H,1-2H3. The number of benzene rings is 1. The van der Waals surface area contributed by atoms with Crippen molar-refractivity contribution < 1.29 is 9.50 Å². The Labute approximate surface area is 138 Å². The maximum Gasteiger partial charge on any atom is 0.231 e. The van der Waals surface area contributed by atoms with Crippen LogP contribution in [0.3, 0.4) is 0 Å². The summed E-state index contributed by atoms with van der Waals surface area (Å²) in [6.45, 7) is 1.75. The normalized spacial score (nSPS) is 12.0. The maximum absolute atomic E-state index is 13.0. The van der Waals surface area contributed by atoms with Gasteiger partial charge in [-0.25, -0.2) is 9.37 Å². The molecule has 0 saturated carbocycles. The molecule has 1 N–H and O–H groups in total. The van der Waals surface area contributed by atoms with E-state index in [1.807, 2.05) is 12.1 Å². The molecule has 2 aromatic heterocycles. The van der Waals surface area contributed by atoms with Crippen LogP contribution in [0.1, 0.15) is 17.6 Å². The van der Waals surface area contributed by atoms with Crippen LogP contribution in [0.2, 0.25) is 0 Å². The van der Waals surface area contributed by atoms with Gasteiger partial charge in [-0.3, -0.25) is 4.98 Å². The molecule has 3 rings (SSSR count). The van der Waals surface area contributed by atoms with Crippen LogP contribution in [0.15, 0.2) is 48.7 Å². The molecule has 0 fully saturated rings. The molecule has 1 atom stereocenters. The van der Waals surface area contributed by atoms with Gasteiger partial charge in [-0.05, 0) is 31.2 Å². The zero-order chi connectivity index (χ0) is 17.1. The molecule has 0 amide bonds. The van der Waals surface area contributed by atoms with E-state index in [4.69, 9.17) is 0 Å². The lowest BCUT2D eigenvalue weighted by molar-refractivity contribution is 0.176. The molecule has 24 heavy (non-hydrogen) atoms. The number of aliphatic hydroxyl groups is 1. The average Bonchev–Trinajstić information content (AvgIpc) is 2.61. The second-order valence-electron chi connectivity index (χ2n) is 5.26. The summed E-state index contributed by atoms with van der Waals surface area (Å²) in [5.41, 5.74) is 1.16. The zero-order valence-corrected chi connectivity index (χ0v) is 13.3. The molecular formula is C17H16FN5O. The van der Waals surface area contributed by atoms with Crippen molar-refractivity contribution in [3.63, 3.8) is 0 Å². The molecule has 1 aromatic carbocycles. The fraction of sp³-hybridized carbons (Fsp3) is 0.176. The summed E-state index contributed by atoms with van der Waals surface area (Å²) in [7, 11) is 1.66. The molecule has 1 unspecified atom stereocenters. The molecule has 6 nitrogen and oxygen atoms in total. The van der Waals surface area contributed by atoms with E-state index in [0.29, 0.717) is 28.9 Å². The smallest absolute Gasteiger partial charge is 0.231 e. The highest BCUT2D eigenvalue weighted by Crippen LogP contribution is 2.22. The van der Waals surface area contributed by atoms with E-state index in [9.17, 15) is 9.50 Å². The third kappa shape index (κ3) is 3.36. The molecule has 0 bridgehead atoms. The molecule has 0 saturated heterocycles. The van der Waals surface area contributed by atoms with Crippen LogP contribution in [0.5, 0.6) is 0 Å². The van der Waals surface area contributed by atoms with Gasteiger partial charge in [0.05, 0.1) is 0 Å². The molecule has 0 aliphatic rings. The number of aromatic nitrogens is 4. The van der Waals surface area contributed by atoms with Crippen LogP contribution >= 0.6 is 0 Å². The third-order valence-electron chi connectivity index (χ3n) is 3.48. The van der Waals surface area contributed by atoms with Crippen LogP contribution in [-0.2, 0) is 0 Å². The molecule has 7 heteroatoms. The Bertz CT molecular complexity index is 826. The first kappa shape index (κ1) is 15.9. The van der Waals surface area contributed by atoms with Gasteiger partial charge in [0.1, 0.15) is 17.3 Å². The van der Waals surface area contributed by atoms with Gasteiger partial charge in [-0.2, -0.15) is 9.97 Å². The van der Waals surface area contributed by atoms with Crippen molar-refractivity contribution in [3.05, 3.63) is 65.9 Å². The first-order valence-corrected chi connectivity index (χ1v) is 7.35. The number of anilines is 1. The minimum atomic E-state index is -1.01. The molecule has 0 spiro atoms. The molecule has 0 radical (unpaired) electrons. The maximum atomic E-state index is 13.0. The second kappa shape index (κ2) is 6.67. The number of pyridine rings is 1. The van der Waals surface area contributed by atoms with Crippen LogP contribution in [0.4, 0.5) is 10.3 Å². The molecule has 2 heterocycles. The van der Waals surface area contributed by atoms with Gasteiger partial charge < -0.3 is 10.0 Å². The van der Waals surface area contributed by atoms with Crippen molar-refractivity contribution in [2.75, 3.05) is 11.9 Å². The van der Waals surface area contributed by atoms with Crippen LogP contribution < -0.4 is 4.90 Å². The Morgan fingerprint density at radius 1 is 1.04 bits per heavy atom. The van der Waals surface area contributed by atoms with Crippen molar-refractivity contribution in [3.8, 4) is 11.5 Å². The topological polar surface area (TPSA) is 75.0 Å². The molecule has 3 aromatic rings. The van der Waals surface area contributed by atoms with Gasteiger partial charge in [0.15, 0.2) is 12.1 Å². The van der Waals surface area contributed by atoms with Gasteiger partial charge >= 0.3 is 0 Å². The van der Waals surface area contributed by atoms with E-state index in [0.717, 1.165) is 0 Å². The van der Waals surface area contributed by atoms with E-state index < -0.39 is 6.23 Å². The van der Waals surface area contributed by atoms with Gasteiger partial charge in [0.25, 0.3) is 0 Å². The summed E-state index contributed by atoms with van der Waals surface area (Å²) in [5, 5.41) is 10.5. The molecule has 0 aliphatic heterocycles. The number of hydrogen-bond donors (Lipinski definition) is 1. The van der Waals surface area contributed by atoms with Gasteiger partial charge in [-0.1, -0.05) is 18.2 Å². The fourth-order valence-electron chi connectivity index (χ4n) is 2.20. The van der Waals surface area contributed by atoms with E-state index >= 15 is 0 Å². The van der Waals surface area contributed by atoms with E-state index in [-0.39, 0.29) is 5.82 Å². The number of nitrogens with zero attached hydrogens (tertiary/aromatic N) is 5. The minimum absolute atomic E-state index is 0.306. The van der Waals surface area contributed by atoms with E-state index in [1.165, 1.54) is 29.2 Å². The van der Waals surface area contributed by atoms with Gasteiger partial charge in [-0.15, -0.1) is 0 Å². The van der Waals surface area contributed by atoms with Crippen LogP contribution in [-0.4, -0.2) is 32.1 Å². The highest BCUT2D eigenvalue weighted by atomic mass is 19.1. The summed E-state index contributed by atoms with van der Waals surface area (Å²) >= 11 is 0. The summed E-state index contributed by atoms with van der Waals surface area (Å²) in [5.74, 6) is 0.886. The average molecular weight is 325 g/mol. The van der Waals surface area contributed by atoms with Crippen molar-refractivity contribution >= 4 is 5.95 Å². The number of hydrogen-bond acceptors (Lipinski definition) is 6. The lowest BCUT2D eigenvalue weighted by atomic mass is 10.2. The van der Waals surface area contributed by atoms with Crippen molar-refractivity contribution in [2.24, 2.45) is 0 Å². The molecule has 122 valence electrons. The predicted octanol–water partition coefficient (Wildman–Crippen LogP) is 2.51. The van der Waals surface area contributed by atoms with Crippen molar-refractivity contribution in [1.82, 2.24) is 19.9 Å². The van der Waals surface area contributed by atoms with E-state index in [2.05, 4.69) is 19.9 Å². The first-order chi connectivity index (χ1) is 11.5. The Morgan fingerprint density at radius 3 is 2.46 bits per heavy atom. The number of rotatable bonds is 4. The van der Waals surface area contributed by atoms with Crippen molar-refractivity contribution in [1.29, 1.82) is 0 Å². The first-order valence-electron chi connectivity index (χ1n) is 7.35. The van der Waals surface area contributed by atoms with Gasteiger partial charge in [0, 0.05) is 18.8 Å². The molecule has 0 aliphatic carbocycles. The quantitative estimate of drug-likeness (QED) is 0.743. The number of halogens is 1. The summed E-state index contributed by atoms with van der Waals surface area (Å²) in [4.78, 5) is 18.7. The summed E-state index contributed by atoms with van der Waals surface area (Å²) < 4.78 is 13.0. The Morgan fingerprint density at radius 2 is 1.79 bits per heavy atom. The largest absolute Gasteiger partial charge is 0.369 e. The Balaban J connectivity index is 1.93. The summed E-state index contributed by atoms with van der Waals surface area (Å²) in [6.07, 6.45) is 0.648.